The fraction of sp³-hybridized carbons (Fsp3) is 0.273. The topological polar surface area (TPSA) is 96.8 Å². The molecule has 0 amide bonds. The predicted octanol–water partition coefficient (Wildman–Crippen LogP) is 5.29. The molecule has 0 saturated heterocycles. The van der Waals surface area contributed by atoms with Gasteiger partial charge in [0.15, 0.2) is 0 Å². The van der Waals surface area contributed by atoms with Crippen LogP contribution in [0.15, 0.2) is 58.4 Å². The van der Waals surface area contributed by atoms with Crippen molar-refractivity contribution in [2.75, 3.05) is 10.8 Å². The number of halogens is 3. The third-order valence-corrected chi connectivity index (χ3v) is 7.56. The Labute approximate surface area is 198 Å². The summed E-state index contributed by atoms with van der Waals surface area (Å²) in [5.74, 6) is -1.56. The van der Waals surface area contributed by atoms with Gasteiger partial charge in [-0.2, -0.15) is 21.6 Å². The molecule has 7 nitrogen and oxygen atoms in total. The Morgan fingerprint density at radius 2 is 1.85 bits per heavy atom. The first kappa shape index (κ1) is 25.5. The molecule has 0 aliphatic carbocycles. The molecule has 0 unspecified atom stereocenters. The van der Waals surface area contributed by atoms with Crippen LogP contribution >= 0.6 is 11.3 Å². The predicted molar refractivity (Wildman–Crippen MR) is 121 cm³/mol. The zero-order valence-corrected chi connectivity index (χ0v) is 19.7. The first-order valence-corrected chi connectivity index (χ1v) is 12.3. The van der Waals surface area contributed by atoms with Crippen LogP contribution in [0.3, 0.4) is 0 Å². The molecule has 0 atom stereocenters. The van der Waals surface area contributed by atoms with Crippen molar-refractivity contribution in [1.29, 1.82) is 0 Å². The molecule has 0 radical (unpaired) electrons. The maximum atomic E-state index is 13.4. The number of hydrogen-bond acceptors (Lipinski definition) is 6. The van der Waals surface area contributed by atoms with E-state index in [4.69, 9.17) is 9.84 Å². The van der Waals surface area contributed by atoms with E-state index in [2.05, 4.69) is 4.98 Å². The number of carboxylic acid groups (broad SMARTS) is 1. The van der Waals surface area contributed by atoms with Gasteiger partial charge in [0.2, 0.25) is 4.34 Å². The quantitative estimate of drug-likeness (QED) is 0.417. The Morgan fingerprint density at radius 1 is 1.18 bits per heavy atom. The molecule has 1 N–H and O–H groups in total. The Kier molecular flexibility index (Phi) is 7.51. The molecule has 12 heteroatoms. The van der Waals surface area contributed by atoms with Gasteiger partial charge < -0.3 is 9.84 Å². The molecule has 1 heterocycles. The fourth-order valence-electron chi connectivity index (χ4n) is 3.01. The summed E-state index contributed by atoms with van der Waals surface area (Å²) in [5.41, 5.74) is -0.518. The number of anilines is 1. The Hall–Kier alpha value is -3.12. The van der Waals surface area contributed by atoms with E-state index in [0.29, 0.717) is 5.56 Å². The van der Waals surface area contributed by atoms with Crippen molar-refractivity contribution in [3.8, 4) is 5.75 Å². The number of hydrogen-bond donors (Lipinski definition) is 1. The zero-order chi connectivity index (χ0) is 25.1. The highest BCUT2D eigenvalue weighted by Crippen LogP contribution is 2.39. The molecule has 34 heavy (non-hydrogen) atoms. The molecular weight excluding hydrogens is 493 g/mol. The summed E-state index contributed by atoms with van der Waals surface area (Å²) in [7, 11) is -4.16. The van der Waals surface area contributed by atoms with E-state index >= 15 is 0 Å². The molecule has 2 aromatic carbocycles. The summed E-state index contributed by atoms with van der Waals surface area (Å²) in [6.07, 6.45) is -3.34. The number of aromatic nitrogens is 1. The van der Waals surface area contributed by atoms with Crippen LogP contribution in [-0.4, -0.2) is 31.0 Å². The summed E-state index contributed by atoms with van der Waals surface area (Å²) in [5, 5.41) is 10.5. The lowest BCUT2D eigenvalue weighted by Gasteiger charge is -2.27. The number of rotatable bonds is 9. The second-order valence-electron chi connectivity index (χ2n) is 7.70. The van der Waals surface area contributed by atoms with Gasteiger partial charge in [-0.3, -0.25) is 4.31 Å². The van der Waals surface area contributed by atoms with Crippen molar-refractivity contribution in [2.45, 2.75) is 31.0 Å². The number of aromatic carboxylic acids is 1. The van der Waals surface area contributed by atoms with Gasteiger partial charge in [-0.05, 0) is 41.8 Å². The fourth-order valence-corrected chi connectivity index (χ4v) is 5.58. The van der Waals surface area contributed by atoms with Crippen LogP contribution in [0.1, 0.15) is 35.3 Å². The van der Waals surface area contributed by atoms with Crippen molar-refractivity contribution in [3.05, 3.63) is 70.7 Å². The number of ether oxygens (including phenoxy) is 1. The van der Waals surface area contributed by atoms with Crippen LogP contribution in [-0.2, 0) is 22.8 Å². The maximum Gasteiger partial charge on any atom is 0.416 e. The number of sulfonamides is 1. The molecule has 0 bridgehead atoms. The van der Waals surface area contributed by atoms with Crippen molar-refractivity contribution in [1.82, 2.24) is 4.98 Å². The van der Waals surface area contributed by atoms with E-state index in [1.54, 1.807) is 13.8 Å². The average molecular weight is 515 g/mol. The molecule has 1 aromatic heterocycles. The number of thiazole rings is 1. The molecular formula is C22H21F3N2O5S2. The Morgan fingerprint density at radius 3 is 2.38 bits per heavy atom. The van der Waals surface area contributed by atoms with E-state index in [1.807, 2.05) is 0 Å². The van der Waals surface area contributed by atoms with Crippen LogP contribution in [0.4, 0.5) is 18.9 Å². The molecule has 0 saturated carbocycles. The van der Waals surface area contributed by atoms with Crippen LogP contribution in [0.5, 0.6) is 5.75 Å². The summed E-state index contributed by atoms with van der Waals surface area (Å²) in [6, 6.07) is 8.24. The lowest BCUT2D eigenvalue weighted by atomic mass is 10.1. The summed E-state index contributed by atoms with van der Waals surface area (Å²) in [4.78, 5) is 14.9. The zero-order valence-electron chi connectivity index (χ0n) is 18.1. The van der Waals surface area contributed by atoms with Gasteiger partial charge in [0.25, 0.3) is 10.0 Å². The van der Waals surface area contributed by atoms with E-state index in [9.17, 15) is 26.4 Å². The van der Waals surface area contributed by atoms with Crippen LogP contribution < -0.4 is 9.04 Å². The highest BCUT2D eigenvalue weighted by atomic mass is 32.2. The minimum Gasteiger partial charge on any atom is -0.487 e. The van der Waals surface area contributed by atoms with Gasteiger partial charge in [-0.1, -0.05) is 26.0 Å². The van der Waals surface area contributed by atoms with E-state index in [-0.39, 0.29) is 40.4 Å². The first-order valence-electron chi connectivity index (χ1n) is 9.98. The van der Waals surface area contributed by atoms with Gasteiger partial charge in [0.05, 0.1) is 16.8 Å². The largest absolute Gasteiger partial charge is 0.487 e. The molecule has 0 fully saturated rings. The van der Waals surface area contributed by atoms with Crippen molar-refractivity contribution >= 4 is 33.0 Å². The minimum absolute atomic E-state index is 0.0169. The first-order chi connectivity index (χ1) is 15.9. The van der Waals surface area contributed by atoms with Gasteiger partial charge in [-0.15, -0.1) is 11.3 Å². The summed E-state index contributed by atoms with van der Waals surface area (Å²) < 4.78 is 73.2. The van der Waals surface area contributed by atoms with Gasteiger partial charge in [-0.25, -0.2) is 9.78 Å². The smallest absolute Gasteiger partial charge is 0.416 e. The van der Waals surface area contributed by atoms with Gasteiger partial charge >= 0.3 is 12.1 Å². The molecule has 3 aromatic rings. The second-order valence-corrected chi connectivity index (χ2v) is 10.6. The maximum absolute atomic E-state index is 13.4. The molecule has 0 aliphatic rings. The normalized spacial score (nSPS) is 12.1. The number of nitrogens with zero attached hydrogens (tertiary/aromatic N) is 2. The highest BCUT2D eigenvalue weighted by molar-refractivity contribution is 7.94. The SMILES string of the molecule is CC(C)CN(c1ccc(C(F)(F)F)cc1OCc1ccc(C(=O)O)cc1)S(=O)(=O)c1nccs1. The Balaban J connectivity index is 2.04. The highest BCUT2D eigenvalue weighted by Gasteiger charge is 2.34. The monoisotopic (exact) mass is 514 g/mol. The van der Waals surface area contributed by atoms with Crippen molar-refractivity contribution in [2.24, 2.45) is 5.92 Å². The van der Waals surface area contributed by atoms with Crippen LogP contribution in [0, 0.1) is 5.92 Å². The minimum atomic E-state index is -4.67. The lowest BCUT2D eigenvalue weighted by Crippen LogP contribution is -2.34. The number of carboxylic acids is 1. The van der Waals surface area contributed by atoms with Crippen molar-refractivity contribution < 1.29 is 36.2 Å². The molecule has 3 rings (SSSR count). The number of benzene rings is 2. The number of alkyl halides is 3. The van der Waals surface area contributed by atoms with E-state index in [1.165, 1.54) is 35.8 Å². The van der Waals surface area contributed by atoms with Crippen LogP contribution in [0.2, 0.25) is 0 Å². The van der Waals surface area contributed by atoms with Crippen LogP contribution in [0.25, 0.3) is 0 Å². The molecule has 0 spiro atoms. The number of carbonyl (C=O) groups is 1. The molecule has 0 aliphatic heterocycles. The van der Waals surface area contributed by atoms with Gasteiger partial charge in [0.1, 0.15) is 12.4 Å². The third kappa shape index (κ3) is 5.86. The summed E-state index contributed by atoms with van der Waals surface area (Å²) >= 11 is 0.898. The second kappa shape index (κ2) is 10.0. The third-order valence-electron chi connectivity index (χ3n) is 4.60. The van der Waals surface area contributed by atoms with E-state index < -0.39 is 27.7 Å². The summed E-state index contributed by atoms with van der Waals surface area (Å²) in [6.45, 7) is 3.33. The van der Waals surface area contributed by atoms with Gasteiger partial charge in [0, 0.05) is 18.1 Å². The standard InChI is InChI=1S/C22H21F3N2O5S2/c1-14(2)12-27(34(30,31)21-26-9-10-33-21)18-8-7-17(22(23,24)25)11-19(18)32-13-15-3-5-16(6-4-15)20(28)29/h3-11,14H,12-13H2,1-2H3,(H,28,29). The van der Waals surface area contributed by atoms with E-state index in [0.717, 1.165) is 33.8 Å². The average Bonchev–Trinajstić information content (AvgIpc) is 3.31. The lowest BCUT2D eigenvalue weighted by molar-refractivity contribution is -0.137. The van der Waals surface area contributed by atoms with Crippen molar-refractivity contribution in [3.63, 3.8) is 0 Å². The Bertz CT molecular complexity index is 1240. The molecule has 182 valence electrons.